The molecule has 0 heterocycles. The molecule has 4 rings (SSSR count). The van der Waals surface area contributed by atoms with E-state index in [0.29, 0.717) is 7.25 Å². The molecule has 0 spiro atoms. The Kier molecular flexibility index (Phi) is 7.05. The molecule has 0 amide bonds. The molecule has 0 saturated heterocycles. The van der Waals surface area contributed by atoms with Crippen LogP contribution in [0.4, 0.5) is 0 Å². The molecule has 2 aromatic rings. The SMILES string of the molecule is CC1=Cc2cc(C)c(C)cc2[CH]1[Zr]([CH3])([CH3])(=[SiH2])[CH]1C(C)=Cc2cc(C)c(C)cc21.Cl.Cl. The maximum Gasteiger partial charge on any atom is -0.147 e. The maximum absolute atomic E-state index is 3.27. The van der Waals surface area contributed by atoms with E-state index in [0.717, 1.165) is 0 Å². The Morgan fingerprint density at radius 2 is 0.900 bits per heavy atom. The Hall–Kier alpha value is -0.400. The van der Waals surface area contributed by atoms with Crippen molar-refractivity contribution in [3.63, 3.8) is 0 Å². The van der Waals surface area contributed by atoms with Crippen molar-refractivity contribution < 1.29 is 17.4 Å². The first-order valence-electron chi connectivity index (χ1n) is 10.5. The van der Waals surface area contributed by atoms with Gasteiger partial charge in [-0.05, 0) is 0 Å². The van der Waals surface area contributed by atoms with Gasteiger partial charge >= 0.3 is 174 Å². The standard InChI is InChI=1S/2C12H13.2CH3.2ClH.H2Si.Zr/c2*1-8-4-11-6-9(2)10(3)7-12(11)5-8;;;;;;/h2*4-7H,1-3H3;2*1H3;2*1H;1H2;. The second-order valence-electron chi connectivity index (χ2n) is 10.7. The van der Waals surface area contributed by atoms with Crippen molar-refractivity contribution in [2.45, 2.75) is 58.1 Å². The van der Waals surface area contributed by atoms with Crippen LogP contribution in [0.1, 0.15) is 65.6 Å². The number of fused-ring (bicyclic) bond motifs is 2. The van der Waals surface area contributed by atoms with Gasteiger partial charge in [-0.25, -0.2) is 0 Å². The molecule has 30 heavy (non-hydrogen) atoms. The van der Waals surface area contributed by atoms with E-state index in [1.54, 1.807) is 22.3 Å². The third kappa shape index (κ3) is 3.81. The Balaban J connectivity index is 0.00000160. The molecule has 0 bridgehead atoms. The summed E-state index contributed by atoms with van der Waals surface area (Å²) in [5.74, 6) is 0. The summed E-state index contributed by atoms with van der Waals surface area (Å²) in [6.07, 6.45) is 4.96. The zero-order valence-electron chi connectivity index (χ0n) is 19.6. The third-order valence-electron chi connectivity index (χ3n) is 7.59. The number of halogens is 2. The van der Waals surface area contributed by atoms with Crippen LogP contribution in [0.5, 0.6) is 0 Å². The summed E-state index contributed by atoms with van der Waals surface area (Å²) in [7, 11) is 0. The summed E-state index contributed by atoms with van der Waals surface area (Å²) >= 11 is -3.27. The first-order chi connectivity index (χ1) is 12.9. The normalized spacial score (nSPS) is 19.9. The van der Waals surface area contributed by atoms with Gasteiger partial charge in [0, 0.05) is 0 Å². The fraction of sp³-hybridized carbons (Fsp3) is 0.385. The smallest absolute Gasteiger partial charge is 0.147 e. The van der Waals surface area contributed by atoms with Crippen LogP contribution < -0.4 is 0 Å². The van der Waals surface area contributed by atoms with Crippen molar-refractivity contribution in [1.82, 2.24) is 0 Å². The molecule has 2 unspecified atom stereocenters. The fourth-order valence-electron chi connectivity index (χ4n) is 6.30. The van der Waals surface area contributed by atoms with E-state index in [2.05, 4.69) is 94.1 Å². The van der Waals surface area contributed by atoms with Crippen LogP contribution in [-0.4, -0.2) is 6.88 Å². The molecule has 0 N–H and O–H groups in total. The molecule has 0 radical (unpaired) electrons. The van der Waals surface area contributed by atoms with Gasteiger partial charge in [-0.15, -0.1) is 24.8 Å². The van der Waals surface area contributed by atoms with Gasteiger partial charge < -0.3 is 0 Å². The van der Waals surface area contributed by atoms with Crippen LogP contribution >= 0.6 is 24.8 Å². The molecule has 2 aliphatic carbocycles. The van der Waals surface area contributed by atoms with Crippen LogP contribution in [0.25, 0.3) is 12.2 Å². The minimum absolute atomic E-state index is 0. The zero-order valence-corrected chi connectivity index (χ0v) is 25.1. The zero-order chi connectivity index (χ0) is 20.6. The van der Waals surface area contributed by atoms with Gasteiger partial charge in [-0.1, -0.05) is 0 Å². The molecular weight excluding hydrogens is 503 g/mol. The molecular formula is C26H36Cl2SiZr. The Bertz CT molecular complexity index is 1080. The average molecular weight is 539 g/mol. The number of benzene rings is 2. The van der Waals surface area contributed by atoms with Crippen molar-refractivity contribution in [3.8, 4) is 0 Å². The van der Waals surface area contributed by atoms with Crippen molar-refractivity contribution >= 4 is 43.8 Å². The second-order valence-corrected chi connectivity index (χ2v) is 41.2. The molecule has 2 atom stereocenters. The van der Waals surface area contributed by atoms with E-state index in [1.807, 2.05) is 0 Å². The predicted octanol–water partition coefficient (Wildman–Crippen LogP) is 7.71. The van der Waals surface area contributed by atoms with Crippen LogP contribution in [0.2, 0.25) is 9.26 Å². The first kappa shape index (κ1) is 25.9. The molecule has 162 valence electrons. The van der Waals surface area contributed by atoms with Gasteiger partial charge in [-0.2, -0.15) is 0 Å². The van der Waals surface area contributed by atoms with Gasteiger partial charge in [0.15, 0.2) is 0 Å². The van der Waals surface area contributed by atoms with Crippen molar-refractivity contribution in [3.05, 3.63) is 79.9 Å². The maximum atomic E-state index is 2.72. The Morgan fingerprint density at radius 3 is 1.23 bits per heavy atom. The Labute approximate surface area is 197 Å². The Morgan fingerprint density at radius 1 is 0.600 bits per heavy atom. The quantitative estimate of drug-likeness (QED) is 0.344. The second kappa shape index (κ2) is 8.18. The van der Waals surface area contributed by atoms with Gasteiger partial charge in [0.2, 0.25) is 0 Å². The minimum atomic E-state index is -3.27. The van der Waals surface area contributed by atoms with Gasteiger partial charge in [0.25, 0.3) is 0 Å². The monoisotopic (exact) mass is 536 g/mol. The van der Waals surface area contributed by atoms with Crippen LogP contribution in [-0.2, 0) is 17.4 Å². The topological polar surface area (TPSA) is 0 Å². The molecule has 0 saturated carbocycles. The average Bonchev–Trinajstić information content (AvgIpc) is 3.04. The van der Waals surface area contributed by atoms with E-state index in [4.69, 9.17) is 0 Å². The van der Waals surface area contributed by atoms with Gasteiger partial charge in [0.05, 0.1) is 0 Å². The van der Waals surface area contributed by atoms with Crippen LogP contribution in [0, 0.1) is 27.7 Å². The fourth-order valence-corrected chi connectivity index (χ4v) is 27.5. The van der Waals surface area contributed by atoms with Crippen molar-refractivity contribution in [2.24, 2.45) is 0 Å². The summed E-state index contributed by atoms with van der Waals surface area (Å²) in [5.41, 5.74) is 15.1. The van der Waals surface area contributed by atoms with E-state index < -0.39 is 17.4 Å². The van der Waals surface area contributed by atoms with Gasteiger partial charge in [0.1, 0.15) is 0 Å². The number of aryl methyl sites for hydroxylation is 4. The number of rotatable bonds is 2. The largest absolute Gasteiger partial charge is 0.147 e. The van der Waals surface area contributed by atoms with Crippen molar-refractivity contribution in [2.75, 3.05) is 0 Å². The van der Waals surface area contributed by atoms with Crippen LogP contribution in [0.15, 0.2) is 35.4 Å². The molecule has 0 aromatic heterocycles. The summed E-state index contributed by atoms with van der Waals surface area (Å²) in [4.78, 5) is 0. The van der Waals surface area contributed by atoms with E-state index in [-0.39, 0.29) is 24.8 Å². The number of allylic oxidation sites excluding steroid dienone is 2. The minimum Gasteiger partial charge on any atom is -0.147 e. The molecule has 2 aliphatic rings. The number of hydrogen-bond donors (Lipinski definition) is 0. The van der Waals surface area contributed by atoms with Crippen LogP contribution in [0.3, 0.4) is 0 Å². The first-order valence-corrected chi connectivity index (χ1v) is 24.2. The summed E-state index contributed by atoms with van der Waals surface area (Å²) in [6.45, 7) is 16.2. The summed E-state index contributed by atoms with van der Waals surface area (Å²) in [5, 5.41) is 0. The predicted molar refractivity (Wildman–Crippen MR) is 139 cm³/mol. The summed E-state index contributed by atoms with van der Waals surface area (Å²) < 4.78 is 6.71. The molecule has 2 aromatic carbocycles. The molecule has 0 fully saturated rings. The molecule has 0 aliphatic heterocycles. The van der Waals surface area contributed by atoms with E-state index >= 15 is 0 Å². The van der Waals surface area contributed by atoms with Crippen molar-refractivity contribution in [1.29, 1.82) is 0 Å². The van der Waals surface area contributed by atoms with Gasteiger partial charge in [-0.3, -0.25) is 0 Å². The third-order valence-corrected chi connectivity index (χ3v) is 25.5. The molecule has 0 nitrogen and oxygen atoms in total. The summed E-state index contributed by atoms with van der Waals surface area (Å²) in [6, 6.07) is 9.85. The van der Waals surface area contributed by atoms with E-state index in [9.17, 15) is 0 Å². The van der Waals surface area contributed by atoms with E-state index in [1.165, 1.54) is 33.4 Å². The number of hydrogen-bond acceptors (Lipinski definition) is 0. The molecule has 4 heteroatoms.